The molecule has 0 heterocycles. The molecule has 13 heavy (non-hydrogen) atoms. The zero-order valence-electron chi connectivity index (χ0n) is 9.27. The van der Waals surface area contributed by atoms with Crippen molar-refractivity contribution in [3.8, 4) is 0 Å². The van der Waals surface area contributed by atoms with Gasteiger partial charge >= 0.3 is 0 Å². The predicted octanol–water partition coefficient (Wildman–Crippen LogP) is 4.65. The quantitative estimate of drug-likeness (QED) is 0.519. The van der Waals surface area contributed by atoms with E-state index in [0.29, 0.717) is 0 Å². The minimum atomic E-state index is 1.02. The predicted molar refractivity (Wildman–Crippen MR) is 61.9 cm³/mol. The van der Waals surface area contributed by atoms with Crippen molar-refractivity contribution >= 4 is 0 Å². The van der Waals surface area contributed by atoms with Crippen LogP contribution in [0.15, 0.2) is 36.0 Å². The second-order valence-electron chi connectivity index (χ2n) is 3.44. The lowest BCUT2D eigenvalue weighted by Crippen LogP contribution is -1.81. The second kappa shape index (κ2) is 7.85. The molecule has 0 aromatic carbocycles. The van der Waals surface area contributed by atoms with Crippen LogP contribution in [0.3, 0.4) is 0 Å². The minimum Gasteiger partial charge on any atom is -0.103 e. The van der Waals surface area contributed by atoms with Gasteiger partial charge in [-0.25, -0.2) is 0 Å². The van der Waals surface area contributed by atoms with Gasteiger partial charge in [-0.15, -0.1) is 6.58 Å². The first kappa shape index (κ1) is 12.2. The first-order valence-corrected chi connectivity index (χ1v) is 5.15. The molecule has 0 aliphatic rings. The van der Waals surface area contributed by atoms with Gasteiger partial charge in [0.05, 0.1) is 0 Å². The van der Waals surface area contributed by atoms with Gasteiger partial charge in [0.25, 0.3) is 0 Å². The topological polar surface area (TPSA) is 0 Å². The van der Waals surface area contributed by atoms with Gasteiger partial charge in [-0.05, 0) is 33.1 Å². The standard InChI is InChI=1S/C13H22/c1-5-8-12(4)10-11-13(7-3)9-6-2/h6-7,10H,2,5,8-9,11H2,1,3-4H3/b12-10+,13-7-. The number of allylic oxidation sites excluding steroid dienone is 5. The molecule has 0 amide bonds. The van der Waals surface area contributed by atoms with Crippen molar-refractivity contribution in [3.05, 3.63) is 36.0 Å². The summed E-state index contributed by atoms with van der Waals surface area (Å²) in [6.45, 7) is 10.3. The molecule has 0 aliphatic heterocycles. The summed E-state index contributed by atoms with van der Waals surface area (Å²) in [6, 6.07) is 0. The largest absolute Gasteiger partial charge is 0.103 e. The normalized spacial score (nSPS) is 13.2. The average Bonchev–Trinajstić information content (AvgIpc) is 2.12. The lowest BCUT2D eigenvalue weighted by atomic mass is 10.1. The average molecular weight is 178 g/mol. The van der Waals surface area contributed by atoms with E-state index in [-0.39, 0.29) is 0 Å². The van der Waals surface area contributed by atoms with Crippen molar-refractivity contribution in [2.75, 3.05) is 0 Å². The van der Waals surface area contributed by atoms with E-state index < -0.39 is 0 Å². The molecular weight excluding hydrogens is 156 g/mol. The van der Waals surface area contributed by atoms with Crippen LogP contribution in [0.25, 0.3) is 0 Å². The summed E-state index contributed by atoms with van der Waals surface area (Å²) in [7, 11) is 0. The Morgan fingerprint density at radius 3 is 2.46 bits per heavy atom. The molecule has 0 spiro atoms. The van der Waals surface area contributed by atoms with Crippen molar-refractivity contribution in [1.29, 1.82) is 0 Å². The molecule has 0 aromatic rings. The first-order chi connectivity index (χ1) is 6.24. The molecule has 0 heteroatoms. The van der Waals surface area contributed by atoms with Gasteiger partial charge < -0.3 is 0 Å². The van der Waals surface area contributed by atoms with E-state index in [1.165, 1.54) is 24.0 Å². The van der Waals surface area contributed by atoms with Gasteiger partial charge in [0, 0.05) is 0 Å². The fourth-order valence-corrected chi connectivity index (χ4v) is 1.31. The van der Waals surface area contributed by atoms with Crippen LogP contribution in [-0.2, 0) is 0 Å². The Labute approximate surface area is 83.0 Å². The molecule has 0 nitrogen and oxygen atoms in total. The van der Waals surface area contributed by atoms with E-state index in [1.807, 2.05) is 6.08 Å². The van der Waals surface area contributed by atoms with Crippen LogP contribution in [0.5, 0.6) is 0 Å². The fourth-order valence-electron chi connectivity index (χ4n) is 1.31. The van der Waals surface area contributed by atoms with Gasteiger partial charge in [0.1, 0.15) is 0 Å². The van der Waals surface area contributed by atoms with Crippen LogP contribution in [0, 0.1) is 0 Å². The van der Waals surface area contributed by atoms with Crippen LogP contribution < -0.4 is 0 Å². The Hall–Kier alpha value is -0.780. The van der Waals surface area contributed by atoms with E-state index in [4.69, 9.17) is 0 Å². The molecule has 0 aliphatic carbocycles. The summed E-state index contributed by atoms with van der Waals surface area (Å²) >= 11 is 0. The maximum absolute atomic E-state index is 3.75. The molecule has 0 unspecified atom stereocenters. The highest BCUT2D eigenvalue weighted by Crippen LogP contribution is 2.12. The van der Waals surface area contributed by atoms with Crippen LogP contribution in [0.1, 0.15) is 46.5 Å². The number of hydrogen-bond donors (Lipinski definition) is 0. The van der Waals surface area contributed by atoms with Gasteiger partial charge in [-0.3, -0.25) is 0 Å². The second-order valence-corrected chi connectivity index (χ2v) is 3.44. The summed E-state index contributed by atoms with van der Waals surface area (Å²) in [5, 5.41) is 0. The highest BCUT2D eigenvalue weighted by Gasteiger charge is 1.91. The van der Waals surface area contributed by atoms with E-state index >= 15 is 0 Å². The smallest absolute Gasteiger partial charge is 0.0133 e. The maximum Gasteiger partial charge on any atom is -0.0133 e. The van der Waals surface area contributed by atoms with Crippen LogP contribution in [0.2, 0.25) is 0 Å². The zero-order valence-corrected chi connectivity index (χ0v) is 9.27. The molecule has 74 valence electrons. The van der Waals surface area contributed by atoms with Crippen LogP contribution in [0.4, 0.5) is 0 Å². The number of rotatable bonds is 6. The SMILES string of the molecule is C=CC/C(=C/C)C/C=C(\C)CCC. The summed E-state index contributed by atoms with van der Waals surface area (Å²) in [6.07, 6.45) is 11.1. The summed E-state index contributed by atoms with van der Waals surface area (Å²) in [5.41, 5.74) is 2.97. The van der Waals surface area contributed by atoms with Crippen molar-refractivity contribution in [2.24, 2.45) is 0 Å². The molecule has 0 fully saturated rings. The molecule has 0 saturated heterocycles. The summed E-state index contributed by atoms with van der Waals surface area (Å²) < 4.78 is 0. The Balaban J connectivity index is 3.96. The molecule has 0 rings (SSSR count). The van der Waals surface area contributed by atoms with Crippen molar-refractivity contribution in [3.63, 3.8) is 0 Å². The lowest BCUT2D eigenvalue weighted by Gasteiger charge is -2.01. The Kier molecular flexibility index (Phi) is 7.38. The van der Waals surface area contributed by atoms with Gasteiger partial charge in [0.15, 0.2) is 0 Å². The van der Waals surface area contributed by atoms with Crippen molar-refractivity contribution in [2.45, 2.75) is 46.5 Å². The van der Waals surface area contributed by atoms with E-state index in [1.54, 1.807) is 0 Å². The summed E-state index contributed by atoms with van der Waals surface area (Å²) in [5.74, 6) is 0. The minimum absolute atomic E-state index is 1.02. The van der Waals surface area contributed by atoms with Crippen LogP contribution in [-0.4, -0.2) is 0 Å². The van der Waals surface area contributed by atoms with E-state index in [0.717, 1.165) is 12.8 Å². The third-order valence-corrected chi connectivity index (χ3v) is 2.17. The van der Waals surface area contributed by atoms with Gasteiger partial charge in [-0.2, -0.15) is 0 Å². The Bertz CT molecular complexity index is 194. The van der Waals surface area contributed by atoms with Gasteiger partial charge in [-0.1, -0.05) is 42.7 Å². The lowest BCUT2D eigenvalue weighted by molar-refractivity contribution is 0.895. The van der Waals surface area contributed by atoms with E-state index in [2.05, 4.69) is 39.5 Å². The molecule has 0 radical (unpaired) electrons. The highest BCUT2D eigenvalue weighted by atomic mass is 14.0. The first-order valence-electron chi connectivity index (χ1n) is 5.15. The Morgan fingerprint density at radius 2 is 2.00 bits per heavy atom. The van der Waals surface area contributed by atoms with Gasteiger partial charge in [0.2, 0.25) is 0 Å². The maximum atomic E-state index is 3.75. The van der Waals surface area contributed by atoms with Crippen LogP contribution >= 0.6 is 0 Å². The van der Waals surface area contributed by atoms with Crippen molar-refractivity contribution in [1.82, 2.24) is 0 Å². The van der Waals surface area contributed by atoms with E-state index in [9.17, 15) is 0 Å². The molecular formula is C13H22. The molecule has 0 atom stereocenters. The summed E-state index contributed by atoms with van der Waals surface area (Å²) in [4.78, 5) is 0. The molecule has 0 saturated carbocycles. The molecule has 0 N–H and O–H groups in total. The Morgan fingerprint density at radius 1 is 1.31 bits per heavy atom. The monoisotopic (exact) mass is 178 g/mol. The molecule has 0 bridgehead atoms. The third kappa shape index (κ3) is 6.39. The molecule has 0 aromatic heterocycles. The fraction of sp³-hybridized carbons (Fsp3) is 0.538. The highest BCUT2D eigenvalue weighted by molar-refractivity contribution is 5.12. The number of hydrogen-bond acceptors (Lipinski definition) is 0. The third-order valence-electron chi connectivity index (χ3n) is 2.17. The zero-order chi connectivity index (χ0) is 10.1. The van der Waals surface area contributed by atoms with Crippen molar-refractivity contribution < 1.29 is 0 Å².